The standard InChI is InChI=1S/C8H14O5/c1-6(9)12-5-3-4-8(11)13-7(2)10/h8,11H,3-5H2,1-2H3. The van der Waals surface area contributed by atoms with Gasteiger partial charge in [-0.2, -0.15) is 0 Å². The minimum atomic E-state index is -1.10. The Hall–Kier alpha value is -1.10. The lowest BCUT2D eigenvalue weighted by atomic mass is 10.3. The molecule has 13 heavy (non-hydrogen) atoms. The Kier molecular flexibility index (Phi) is 5.88. The molecule has 76 valence electrons. The number of esters is 2. The van der Waals surface area contributed by atoms with Crippen molar-refractivity contribution in [3.8, 4) is 0 Å². The zero-order valence-electron chi connectivity index (χ0n) is 7.78. The van der Waals surface area contributed by atoms with Crippen LogP contribution in [-0.2, 0) is 19.1 Å². The largest absolute Gasteiger partial charge is 0.466 e. The third-order valence-corrected chi connectivity index (χ3v) is 1.20. The summed E-state index contributed by atoms with van der Waals surface area (Å²) in [5, 5.41) is 9.00. The molecule has 0 bridgehead atoms. The summed E-state index contributed by atoms with van der Waals surface area (Å²) in [6, 6.07) is 0. The monoisotopic (exact) mass is 190 g/mol. The maximum absolute atomic E-state index is 10.3. The molecule has 0 saturated heterocycles. The fourth-order valence-electron chi connectivity index (χ4n) is 0.724. The van der Waals surface area contributed by atoms with Crippen LogP contribution in [0.5, 0.6) is 0 Å². The van der Waals surface area contributed by atoms with Crippen LogP contribution in [0.4, 0.5) is 0 Å². The smallest absolute Gasteiger partial charge is 0.304 e. The van der Waals surface area contributed by atoms with Crippen LogP contribution in [0.2, 0.25) is 0 Å². The lowest BCUT2D eigenvalue weighted by molar-refractivity contribution is -0.166. The van der Waals surface area contributed by atoms with E-state index in [9.17, 15) is 9.59 Å². The van der Waals surface area contributed by atoms with Gasteiger partial charge in [0.25, 0.3) is 0 Å². The molecular formula is C8H14O5. The molecule has 0 aliphatic rings. The van der Waals surface area contributed by atoms with Gasteiger partial charge in [0, 0.05) is 20.3 Å². The zero-order chi connectivity index (χ0) is 10.3. The highest BCUT2D eigenvalue weighted by Gasteiger charge is 2.06. The van der Waals surface area contributed by atoms with E-state index in [0.29, 0.717) is 6.42 Å². The Bertz CT molecular complexity index is 177. The van der Waals surface area contributed by atoms with Crippen molar-refractivity contribution in [2.24, 2.45) is 0 Å². The molecule has 0 aromatic heterocycles. The number of carbonyl (C=O) groups is 2. The van der Waals surface area contributed by atoms with Crippen molar-refractivity contribution in [2.45, 2.75) is 33.0 Å². The Morgan fingerprint density at radius 2 is 1.92 bits per heavy atom. The molecule has 5 heteroatoms. The molecule has 0 aliphatic heterocycles. The van der Waals surface area contributed by atoms with Gasteiger partial charge in [-0.05, 0) is 6.42 Å². The van der Waals surface area contributed by atoms with Crippen LogP contribution in [0, 0.1) is 0 Å². The first-order valence-electron chi connectivity index (χ1n) is 4.01. The minimum absolute atomic E-state index is 0.230. The molecule has 1 unspecified atom stereocenters. The van der Waals surface area contributed by atoms with Crippen molar-refractivity contribution < 1.29 is 24.2 Å². The Morgan fingerprint density at radius 3 is 2.38 bits per heavy atom. The van der Waals surface area contributed by atoms with E-state index < -0.39 is 12.3 Å². The second-order valence-corrected chi connectivity index (χ2v) is 2.55. The van der Waals surface area contributed by atoms with Gasteiger partial charge >= 0.3 is 11.9 Å². The molecular weight excluding hydrogens is 176 g/mol. The second-order valence-electron chi connectivity index (χ2n) is 2.55. The summed E-state index contributed by atoms with van der Waals surface area (Å²) in [5.74, 6) is -0.887. The molecule has 0 radical (unpaired) electrons. The molecule has 0 amide bonds. The van der Waals surface area contributed by atoms with Gasteiger partial charge in [-0.15, -0.1) is 0 Å². The lowest BCUT2D eigenvalue weighted by Gasteiger charge is -2.09. The molecule has 0 aliphatic carbocycles. The fourth-order valence-corrected chi connectivity index (χ4v) is 0.724. The van der Waals surface area contributed by atoms with Crippen LogP contribution in [-0.4, -0.2) is 29.9 Å². The molecule has 1 N–H and O–H groups in total. The van der Waals surface area contributed by atoms with Crippen LogP contribution in [0.3, 0.4) is 0 Å². The Labute approximate surface area is 76.6 Å². The van der Waals surface area contributed by atoms with Crippen molar-refractivity contribution >= 4 is 11.9 Å². The SMILES string of the molecule is CC(=O)OCCCC(O)OC(C)=O. The molecule has 0 aromatic rings. The summed E-state index contributed by atoms with van der Waals surface area (Å²) in [7, 11) is 0. The van der Waals surface area contributed by atoms with Gasteiger partial charge in [0.15, 0.2) is 0 Å². The number of ether oxygens (including phenoxy) is 2. The summed E-state index contributed by atoms with van der Waals surface area (Å²) in [5.41, 5.74) is 0. The molecule has 0 fully saturated rings. The molecule has 0 rings (SSSR count). The number of hydrogen-bond acceptors (Lipinski definition) is 5. The quantitative estimate of drug-likeness (QED) is 0.381. The number of aliphatic hydroxyl groups excluding tert-OH is 1. The Balaban J connectivity index is 3.31. The molecule has 0 heterocycles. The van der Waals surface area contributed by atoms with Gasteiger partial charge < -0.3 is 14.6 Å². The maximum Gasteiger partial charge on any atom is 0.304 e. The van der Waals surface area contributed by atoms with Gasteiger partial charge in [-0.1, -0.05) is 0 Å². The number of hydrogen-bond donors (Lipinski definition) is 1. The van der Waals surface area contributed by atoms with Crippen LogP contribution in [0.15, 0.2) is 0 Å². The Morgan fingerprint density at radius 1 is 1.31 bits per heavy atom. The van der Waals surface area contributed by atoms with Gasteiger partial charge in [-0.25, -0.2) is 0 Å². The van der Waals surface area contributed by atoms with Crippen molar-refractivity contribution in [3.05, 3.63) is 0 Å². The number of rotatable bonds is 5. The maximum atomic E-state index is 10.3. The first-order chi connectivity index (χ1) is 6.02. The third-order valence-electron chi connectivity index (χ3n) is 1.20. The van der Waals surface area contributed by atoms with Crippen LogP contribution in [0.1, 0.15) is 26.7 Å². The molecule has 1 atom stereocenters. The summed E-state index contributed by atoms with van der Waals surface area (Å²) in [6.07, 6.45) is -0.367. The van der Waals surface area contributed by atoms with Gasteiger partial charge in [0.2, 0.25) is 6.29 Å². The summed E-state index contributed by atoms with van der Waals surface area (Å²) in [6.45, 7) is 2.76. The van der Waals surface area contributed by atoms with Crippen molar-refractivity contribution in [3.63, 3.8) is 0 Å². The second kappa shape index (κ2) is 6.42. The topological polar surface area (TPSA) is 72.8 Å². The molecule has 0 saturated carbocycles. The van der Waals surface area contributed by atoms with Crippen LogP contribution in [0.25, 0.3) is 0 Å². The van der Waals surface area contributed by atoms with E-state index in [4.69, 9.17) is 5.11 Å². The predicted molar refractivity (Wildman–Crippen MR) is 43.6 cm³/mol. The van der Waals surface area contributed by atoms with E-state index in [1.54, 1.807) is 0 Å². The van der Waals surface area contributed by atoms with Gasteiger partial charge in [0.05, 0.1) is 6.61 Å². The van der Waals surface area contributed by atoms with E-state index in [1.165, 1.54) is 13.8 Å². The van der Waals surface area contributed by atoms with Crippen molar-refractivity contribution in [1.82, 2.24) is 0 Å². The summed E-state index contributed by atoms with van der Waals surface area (Å²) >= 11 is 0. The van der Waals surface area contributed by atoms with Crippen LogP contribution < -0.4 is 0 Å². The van der Waals surface area contributed by atoms with Gasteiger partial charge in [0.1, 0.15) is 0 Å². The zero-order valence-corrected chi connectivity index (χ0v) is 7.78. The number of carbonyl (C=O) groups excluding carboxylic acids is 2. The summed E-state index contributed by atoms with van der Waals surface area (Å²) in [4.78, 5) is 20.6. The highest BCUT2D eigenvalue weighted by molar-refractivity contribution is 5.66. The number of aliphatic hydroxyl groups is 1. The normalized spacial score (nSPS) is 11.9. The first kappa shape index (κ1) is 11.9. The van der Waals surface area contributed by atoms with Crippen molar-refractivity contribution in [1.29, 1.82) is 0 Å². The van der Waals surface area contributed by atoms with E-state index in [2.05, 4.69) is 9.47 Å². The van der Waals surface area contributed by atoms with Gasteiger partial charge in [-0.3, -0.25) is 9.59 Å². The van der Waals surface area contributed by atoms with E-state index in [1.807, 2.05) is 0 Å². The fraction of sp³-hybridized carbons (Fsp3) is 0.750. The van der Waals surface area contributed by atoms with E-state index in [-0.39, 0.29) is 19.0 Å². The summed E-state index contributed by atoms with van der Waals surface area (Å²) < 4.78 is 9.04. The molecule has 0 spiro atoms. The highest BCUT2D eigenvalue weighted by Crippen LogP contribution is 1.99. The van der Waals surface area contributed by atoms with Crippen LogP contribution >= 0.6 is 0 Å². The highest BCUT2D eigenvalue weighted by atomic mass is 16.6. The van der Waals surface area contributed by atoms with E-state index >= 15 is 0 Å². The first-order valence-corrected chi connectivity index (χ1v) is 4.01. The third kappa shape index (κ3) is 8.81. The molecule has 0 aromatic carbocycles. The van der Waals surface area contributed by atoms with Crippen molar-refractivity contribution in [2.75, 3.05) is 6.61 Å². The average molecular weight is 190 g/mol. The minimum Gasteiger partial charge on any atom is -0.466 e. The average Bonchev–Trinajstić information content (AvgIpc) is 1.96. The lowest BCUT2D eigenvalue weighted by Crippen LogP contribution is -2.16. The predicted octanol–water partition coefficient (Wildman–Crippen LogP) is 0.211. The molecule has 5 nitrogen and oxygen atoms in total. The van der Waals surface area contributed by atoms with E-state index in [0.717, 1.165) is 0 Å².